The molecule has 0 bridgehead atoms. The zero-order valence-electron chi connectivity index (χ0n) is 12.8. The maximum absolute atomic E-state index is 14.0. The number of hydrogen-bond acceptors (Lipinski definition) is 3. The molecule has 0 fully saturated rings. The van der Waals surface area contributed by atoms with Crippen molar-refractivity contribution in [3.63, 3.8) is 0 Å². The van der Waals surface area contributed by atoms with E-state index in [0.29, 0.717) is 12.5 Å². The summed E-state index contributed by atoms with van der Waals surface area (Å²) in [6.45, 7) is 8.94. The highest BCUT2D eigenvalue weighted by Gasteiger charge is 2.31. The van der Waals surface area contributed by atoms with Gasteiger partial charge in [0.15, 0.2) is 0 Å². The molecule has 4 heteroatoms. The Morgan fingerprint density at radius 1 is 1.30 bits per heavy atom. The number of hydrogen-bond donors (Lipinski definition) is 2. The van der Waals surface area contributed by atoms with Gasteiger partial charge in [0.1, 0.15) is 6.17 Å². The van der Waals surface area contributed by atoms with Crippen LogP contribution in [0.1, 0.15) is 50.3 Å². The smallest absolute Gasteiger partial charge is 0.141 e. The fraction of sp³-hybridized carbons (Fsp3) is 0.625. The third-order valence-corrected chi connectivity index (χ3v) is 4.00. The molecule has 20 heavy (non-hydrogen) atoms. The van der Waals surface area contributed by atoms with E-state index >= 15 is 0 Å². The summed E-state index contributed by atoms with van der Waals surface area (Å²) in [4.78, 5) is 2.02. The number of nitrogens with zero attached hydrogens (tertiary/aromatic N) is 1. The lowest BCUT2D eigenvalue weighted by Gasteiger charge is -2.26. The van der Waals surface area contributed by atoms with Crippen LogP contribution < -0.4 is 5.73 Å². The minimum absolute atomic E-state index is 0.245. The highest BCUT2D eigenvalue weighted by atomic mass is 19.1. The summed E-state index contributed by atoms with van der Waals surface area (Å²) in [5.74, 6) is 0.389. The summed E-state index contributed by atoms with van der Waals surface area (Å²) in [5, 5.41) is 9.70. The molecule has 0 saturated carbocycles. The van der Waals surface area contributed by atoms with Gasteiger partial charge in [0, 0.05) is 25.3 Å². The second-order valence-corrected chi connectivity index (χ2v) is 6.70. The van der Waals surface area contributed by atoms with Crippen LogP contribution >= 0.6 is 0 Å². The van der Waals surface area contributed by atoms with Gasteiger partial charge in [0.05, 0.1) is 5.60 Å². The predicted molar refractivity (Wildman–Crippen MR) is 80.3 cm³/mol. The molecule has 3 N–H and O–H groups in total. The Hall–Kier alpha value is -1.13. The number of benzene rings is 1. The summed E-state index contributed by atoms with van der Waals surface area (Å²) in [6.07, 6.45) is -1.25. The van der Waals surface area contributed by atoms with Gasteiger partial charge in [-0.3, -0.25) is 4.90 Å². The fourth-order valence-corrected chi connectivity index (χ4v) is 2.64. The van der Waals surface area contributed by atoms with E-state index in [4.69, 9.17) is 5.73 Å². The van der Waals surface area contributed by atoms with Gasteiger partial charge in [-0.25, -0.2) is 4.39 Å². The molecule has 1 aliphatic heterocycles. The highest BCUT2D eigenvalue weighted by molar-refractivity contribution is 5.54. The molecule has 1 heterocycles. The summed E-state index contributed by atoms with van der Waals surface area (Å²) in [5.41, 5.74) is 9.16. The quantitative estimate of drug-likeness (QED) is 0.834. The largest absolute Gasteiger partial charge is 0.398 e. The SMILES string of the molecule is CC(C)c1cc2c(cc1N)CN(C[C@@H](F)C(C)(C)O)C2. The zero-order chi connectivity index (χ0) is 15.1. The molecule has 1 aromatic carbocycles. The first-order chi connectivity index (χ1) is 9.18. The third-order valence-electron chi connectivity index (χ3n) is 4.00. The van der Waals surface area contributed by atoms with Gasteiger partial charge in [-0.1, -0.05) is 19.9 Å². The molecule has 0 aromatic heterocycles. The summed E-state index contributed by atoms with van der Waals surface area (Å²) < 4.78 is 14.0. The van der Waals surface area contributed by atoms with Gasteiger partial charge < -0.3 is 10.8 Å². The van der Waals surface area contributed by atoms with E-state index in [9.17, 15) is 9.50 Å². The van der Waals surface area contributed by atoms with Crippen LogP contribution in [-0.4, -0.2) is 28.3 Å². The standard InChI is InChI=1S/C16H25FN2O/c1-10(2)13-5-11-7-19(8-12(11)6-14(13)18)9-15(17)16(3,4)20/h5-6,10,15,20H,7-9,18H2,1-4H3/t15-/m1/s1. The molecule has 112 valence electrons. The Bertz CT molecular complexity index is 494. The van der Waals surface area contributed by atoms with Crippen molar-refractivity contribution >= 4 is 5.69 Å². The lowest BCUT2D eigenvalue weighted by Crippen LogP contribution is -2.40. The molecule has 0 spiro atoms. The number of fused-ring (bicyclic) bond motifs is 1. The molecule has 0 saturated heterocycles. The average molecular weight is 280 g/mol. The van der Waals surface area contributed by atoms with Crippen LogP contribution in [0.25, 0.3) is 0 Å². The van der Waals surface area contributed by atoms with Gasteiger partial charge in [0.25, 0.3) is 0 Å². The topological polar surface area (TPSA) is 49.5 Å². The highest BCUT2D eigenvalue weighted by Crippen LogP contribution is 2.31. The Morgan fingerprint density at radius 2 is 1.85 bits per heavy atom. The van der Waals surface area contributed by atoms with Crippen molar-refractivity contribution in [3.8, 4) is 0 Å². The normalized spacial score (nSPS) is 17.6. The van der Waals surface area contributed by atoms with Gasteiger partial charge in [0.2, 0.25) is 0 Å². The van der Waals surface area contributed by atoms with E-state index in [1.165, 1.54) is 25.0 Å². The second-order valence-electron chi connectivity index (χ2n) is 6.70. The zero-order valence-corrected chi connectivity index (χ0v) is 12.8. The van der Waals surface area contributed by atoms with Gasteiger partial charge >= 0.3 is 0 Å². The van der Waals surface area contributed by atoms with E-state index in [-0.39, 0.29) is 6.54 Å². The molecule has 0 amide bonds. The summed E-state index contributed by atoms with van der Waals surface area (Å²) >= 11 is 0. The first kappa shape index (κ1) is 15.3. The molecule has 1 aliphatic rings. The molecule has 2 rings (SSSR count). The first-order valence-corrected chi connectivity index (χ1v) is 7.18. The van der Waals surface area contributed by atoms with Crippen molar-refractivity contribution in [2.24, 2.45) is 0 Å². The van der Waals surface area contributed by atoms with Crippen LogP contribution in [0.5, 0.6) is 0 Å². The minimum Gasteiger partial charge on any atom is -0.398 e. The van der Waals surface area contributed by atoms with Gasteiger partial charge in [-0.2, -0.15) is 0 Å². The maximum atomic E-state index is 14.0. The lowest BCUT2D eigenvalue weighted by molar-refractivity contribution is -0.0191. The number of aliphatic hydroxyl groups is 1. The number of rotatable bonds is 4. The molecular weight excluding hydrogens is 255 g/mol. The van der Waals surface area contributed by atoms with Gasteiger partial charge in [-0.05, 0) is 42.5 Å². The molecule has 0 unspecified atom stereocenters. The van der Waals surface area contributed by atoms with Crippen molar-refractivity contribution < 1.29 is 9.50 Å². The lowest BCUT2D eigenvalue weighted by atomic mass is 9.96. The third kappa shape index (κ3) is 3.13. The van der Waals surface area contributed by atoms with E-state index < -0.39 is 11.8 Å². The Balaban J connectivity index is 2.12. The van der Waals surface area contributed by atoms with Crippen molar-refractivity contribution in [3.05, 3.63) is 28.8 Å². The van der Waals surface area contributed by atoms with Crippen LogP contribution in [0.2, 0.25) is 0 Å². The summed E-state index contributed by atoms with van der Waals surface area (Å²) in [7, 11) is 0. The Kier molecular flexibility index (Phi) is 4.07. The second kappa shape index (κ2) is 5.34. The van der Waals surface area contributed by atoms with Crippen LogP contribution in [0.3, 0.4) is 0 Å². The van der Waals surface area contributed by atoms with E-state index in [0.717, 1.165) is 17.8 Å². The molecule has 0 radical (unpaired) electrons. The molecular formula is C16H25FN2O. The predicted octanol–water partition coefficient (Wildman–Crippen LogP) is 2.82. The first-order valence-electron chi connectivity index (χ1n) is 7.18. The van der Waals surface area contributed by atoms with Crippen LogP contribution in [-0.2, 0) is 13.1 Å². The minimum atomic E-state index is -1.29. The fourth-order valence-electron chi connectivity index (χ4n) is 2.64. The molecule has 1 atom stereocenters. The van der Waals surface area contributed by atoms with Crippen molar-refractivity contribution in [2.75, 3.05) is 12.3 Å². The van der Waals surface area contributed by atoms with Crippen LogP contribution in [0.15, 0.2) is 12.1 Å². The van der Waals surface area contributed by atoms with E-state index in [2.05, 4.69) is 19.9 Å². The number of anilines is 1. The van der Waals surface area contributed by atoms with Gasteiger partial charge in [-0.15, -0.1) is 0 Å². The average Bonchev–Trinajstić information content (AvgIpc) is 2.67. The Labute approximate surface area is 120 Å². The van der Waals surface area contributed by atoms with E-state index in [1.807, 2.05) is 11.0 Å². The summed E-state index contributed by atoms with van der Waals surface area (Å²) in [6, 6.07) is 4.16. The van der Waals surface area contributed by atoms with Crippen molar-refractivity contribution in [1.29, 1.82) is 0 Å². The number of halogens is 1. The van der Waals surface area contributed by atoms with Crippen molar-refractivity contribution in [1.82, 2.24) is 4.90 Å². The number of nitrogen functional groups attached to an aromatic ring is 1. The number of nitrogens with two attached hydrogens (primary N) is 1. The number of alkyl halides is 1. The van der Waals surface area contributed by atoms with Crippen LogP contribution in [0.4, 0.5) is 10.1 Å². The molecule has 3 nitrogen and oxygen atoms in total. The van der Waals surface area contributed by atoms with Crippen molar-refractivity contribution in [2.45, 2.75) is 58.5 Å². The maximum Gasteiger partial charge on any atom is 0.141 e. The molecule has 1 aromatic rings. The van der Waals surface area contributed by atoms with E-state index in [1.54, 1.807) is 0 Å². The van der Waals surface area contributed by atoms with Crippen LogP contribution in [0, 0.1) is 0 Å². The Morgan fingerprint density at radius 3 is 2.35 bits per heavy atom. The monoisotopic (exact) mass is 280 g/mol. The molecule has 0 aliphatic carbocycles.